The van der Waals surface area contributed by atoms with Crippen molar-refractivity contribution in [3.8, 4) is 0 Å². The van der Waals surface area contributed by atoms with Gasteiger partial charge in [0.1, 0.15) is 6.17 Å². The first-order chi connectivity index (χ1) is 3.35. The van der Waals surface area contributed by atoms with Gasteiger partial charge in [-0.15, -0.1) is 0 Å². The maximum absolute atomic E-state index is 8.05. The van der Waals surface area contributed by atoms with Gasteiger partial charge in [0.05, 0.1) is 0 Å². The van der Waals surface area contributed by atoms with Crippen LogP contribution >= 0.6 is 0 Å². The summed E-state index contributed by atoms with van der Waals surface area (Å²) in [4.78, 5) is 0. The highest BCUT2D eigenvalue weighted by Gasteiger charge is 1.96. The molecule has 4 nitrogen and oxygen atoms in total. The molecule has 4 heteroatoms. The van der Waals surface area contributed by atoms with Crippen molar-refractivity contribution >= 4 is 0 Å². The summed E-state index contributed by atoms with van der Waals surface area (Å²) in [7, 11) is 0. The van der Waals surface area contributed by atoms with Crippen LogP contribution in [0.3, 0.4) is 0 Å². The van der Waals surface area contributed by atoms with Crippen molar-refractivity contribution in [1.29, 1.82) is 0 Å². The monoisotopic (exact) mass is 106 g/mol. The van der Waals surface area contributed by atoms with Crippen molar-refractivity contribution in [3.05, 3.63) is 0 Å². The molecule has 0 saturated carbocycles. The molecule has 0 rings (SSSR count). The third-order valence-corrected chi connectivity index (χ3v) is 0.720. The molecule has 0 aromatic heterocycles. The van der Waals surface area contributed by atoms with Crippen LogP contribution in [0.2, 0.25) is 0 Å². The van der Waals surface area contributed by atoms with Crippen LogP contribution in [0.1, 0.15) is 13.3 Å². The summed E-state index contributed by atoms with van der Waals surface area (Å²) in [5.41, 5.74) is 3.68. The van der Waals surface area contributed by atoms with E-state index in [1.54, 1.807) is 0 Å². The summed E-state index contributed by atoms with van der Waals surface area (Å²) >= 11 is 0. The first kappa shape index (κ1) is 6.84. The maximum Gasteiger partial charge on any atom is 0.104 e. The van der Waals surface area contributed by atoms with Crippen molar-refractivity contribution in [2.45, 2.75) is 19.5 Å². The SMILES string of the molecule is CCC(NO)NO. The smallest absolute Gasteiger partial charge is 0.104 e. The third kappa shape index (κ3) is 2.52. The highest BCUT2D eigenvalue weighted by molar-refractivity contribution is 4.44. The van der Waals surface area contributed by atoms with Crippen LogP contribution < -0.4 is 11.0 Å². The molecule has 0 unspecified atom stereocenters. The topological polar surface area (TPSA) is 64.5 Å². The Morgan fingerprint density at radius 1 is 1.43 bits per heavy atom. The standard InChI is InChI=1S/C3H10N2O2/c1-2-3(4-6)5-7/h3-7H,2H2,1H3. The summed E-state index contributed by atoms with van der Waals surface area (Å²) in [6, 6.07) is 0. The molecule has 7 heavy (non-hydrogen) atoms. The van der Waals surface area contributed by atoms with E-state index in [1.807, 2.05) is 17.9 Å². The highest BCUT2D eigenvalue weighted by atomic mass is 16.5. The van der Waals surface area contributed by atoms with E-state index in [4.69, 9.17) is 10.4 Å². The molecule has 0 fully saturated rings. The quantitative estimate of drug-likeness (QED) is 0.294. The Bertz CT molecular complexity index is 32.4. The van der Waals surface area contributed by atoms with E-state index in [0.29, 0.717) is 6.42 Å². The molecule has 0 aliphatic rings. The number of hydrogen-bond donors (Lipinski definition) is 4. The molecule has 0 aromatic carbocycles. The summed E-state index contributed by atoms with van der Waals surface area (Å²) in [6.07, 6.45) is 0.229. The van der Waals surface area contributed by atoms with E-state index in [-0.39, 0.29) is 0 Å². The van der Waals surface area contributed by atoms with Gasteiger partial charge in [0, 0.05) is 0 Å². The van der Waals surface area contributed by atoms with Crippen molar-refractivity contribution < 1.29 is 10.4 Å². The second-order valence-corrected chi connectivity index (χ2v) is 1.22. The van der Waals surface area contributed by atoms with Gasteiger partial charge in [-0.05, 0) is 6.42 Å². The van der Waals surface area contributed by atoms with E-state index in [0.717, 1.165) is 0 Å². The minimum atomic E-state index is -0.403. The molecule has 0 radical (unpaired) electrons. The molecular formula is C3H10N2O2. The predicted molar refractivity (Wildman–Crippen MR) is 23.9 cm³/mol. The van der Waals surface area contributed by atoms with E-state index in [9.17, 15) is 0 Å². The lowest BCUT2D eigenvalue weighted by atomic mass is 10.4. The Morgan fingerprint density at radius 3 is 1.86 bits per heavy atom. The first-order valence-electron chi connectivity index (χ1n) is 2.14. The van der Waals surface area contributed by atoms with Crippen molar-refractivity contribution in [2.75, 3.05) is 0 Å². The van der Waals surface area contributed by atoms with Gasteiger partial charge < -0.3 is 10.4 Å². The molecule has 0 aliphatic carbocycles. The van der Waals surface area contributed by atoms with Crippen molar-refractivity contribution in [1.82, 2.24) is 11.0 Å². The summed E-state index contributed by atoms with van der Waals surface area (Å²) < 4.78 is 0. The zero-order valence-electron chi connectivity index (χ0n) is 4.18. The van der Waals surface area contributed by atoms with Crippen molar-refractivity contribution in [3.63, 3.8) is 0 Å². The van der Waals surface area contributed by atoms with Gasteiger partial charge in [0.2, 0.25) is 0 Å². The van der Waals surface area contributed by atoms with Crippen LogP contribution in [-0.2, 0) is 0 Å². The van der Waals surface area contributed by atoms with Crippen LogP contribution in [-0.4, -0.2) is 16.6 Å². The molecule has 0 saturated heterocycles. The van der Waals surface area contributed by atoms with E-state index < -0.39 is 6.17 Å². The van der Waals surface area contributed by atoms with Gasteiger partial charge in [-0.1, -0.05) is 6.92 Å². The van der Waals surface area contributed by atoms with E-state index in [2.05, 4.69) is 0 Å². The Morgan fingerprint density at radius 2 is 1.86 bits per heavy atom. The molecule has 0 atom stereocenters. The average Bonchev–Trinajstić information content (AvgIpc) is 1.72. The first-order valence-corrected chi connectivity index (χ1v) is 2.14. The molecule has 0 bridgehead atoms. The van der Waals surface area contributed by atoms with Gasteiger partial charge in [-0.2, -0.15) is 11.0 Å². The Hall–Kier alpha value is -0.160. The minimum absolute atomic E-state index is 0.403. The van der Waals surface area contributed by atoms with Gasteiger partial charge in [0.15, 0.2) is 0 Å². The Balaban J connectivity index is 2.99. The summed E-state index contributed by atoms with van der Waals surface area (Å²) in [5, 5.41) is 16.1. The van der Waals surface area contributed by atoms with Crippen molar-refractivity contribution in [2.24, 2.45) is 0 Å². The van der Waals surface area contributed by atoms with Gasteiger partial charge in [-0.25, -0.2) is 0 Å². The third-order valence-electron chi connectivity index (χ3n) is 0.720. The van der Waals surface area contributed by atoms with Gasteiger partial charge >= 0.3 is 0 Å². The van der Waals surface area contributed by atoms with Gasteiger partial charge in [-0.3, -0.25) is 0 Å². The fraction of sp³-hybridized carbons (Fsp3) is 1.00. The summed E-state index contributed by atoms with van der Waals surface area (Å²) in [5.74, 6) is 0. The highest BCUT2D eigenvalue weighted by Crippen LogP contribution is 1.78. The lowest BCUT2D eigenvalue weighted by Gasteiger charge is -2.07. The molecule has 0 aromatic rings. The lowest BCUT2D eigenvalue weighted by Crippen LogP contribution is -2.37. The Labute approximate surface area is 42.1 Å². The van der Waals surface area contributed by atoms with E-state index in [1.165, 1.54) is 0 Å². The molecule has 0 amide bonds. The largest absolute Gasteiger partial charge is 0.315 e. The normalized spacial score (nSPS) is 10.3. The summed E-state index contributed by atoms with van der Waals surface area (Å²) in [6.45, 7) is 1.82. The van der Waals surface area contributed by atoms with E-state index >= 15 is 0 Å². The molecule has 44 valence electrons. The zero-order valence-corrected chi connectivity index (χ0v) is 4.18. The molecule has 0 heterocycles. The number of rotatable bonds is 3. The van der Waals surface area contributed by atoms with Crippen LogP contribution in [0, 0.1) is 0 Å². The molecule has 0 spiro atoms. The minimum Gasteiger partial charge on any atom is -0.315 e. The van der Waals surface area contributed by atoms with Crippen LogP contribution in [0.15, 0.2) is 0 Å². The molecular weight excluding hydrogens is 96.0 g/mol. The fourth-order valence-corrected chi connectivity index (χ4v) is 0.211. The second kappa shape index (κ2) is 4.01. The fourth-order valence-electron chi connectivity index (χ4n) is 0.211. The zero-order chi connectivity index (χ0) is 5.70. The number of hydroxylamine groups is 2. The number of nitrogens with one attached hydrogen (secondary N) is 2. The van der Waals surface area contributed by atoms with Crippen LogP contribution in [0.4, 0.5) is 0 Å². The maximum atomic E-state index is 8.05. The van der Waals surface area contributed by atoms with Gasteiger partial charge in [0.25, 0.3) is 0 Å². The molecule has 4 N–H and O–H groups in total. The number of hydrogen-bond acceptors (Lipinski definition) is 4. The van der Waals surface area contributed by atoms with Crippen LogP contribution in [0.25, 0.3) is 0 Å². The predicted octanol–water partition coefficient (Wildman–Crippen LogP) is -0.320. The average molecular weight is 106 g/mol. The Kier molecular flexibility index (Phi) is 3.92. The van der Waals surface area contributed by atoms with Crippen LogP contribution in [0.5, 0.6) is 0 Å². The lowest BCUT2D eigenvalue weighted by molar-refractivity contribution is 0.0247. The molecule has 0 aliphatic heterocycles. The second-order valence-electron chi connectivity index (χ2n) is 1.22.